The van der Waals surface area contributed by atoms with Gasteiger partial charge in [0.1, 0.15) is 0 Å². The van der Waals surface area contributed by atoms with Crippen molar-refractivity contribution in [3.8, 4) is 0 Å². The number of rotatable bonds is 5. The van der Waals surface area contributed by atoms with Gasteiger partial charge in [-0.2, -0.15) is 0 Å². The van der Waals surface area contributed by atoms with Crippen LogP contribution < -0.4 is 10.6 Å². The van der Waals surface area contributed by atoms with Crippen molar-refractivity contribution in [1.82, 2.24) is 10.3 Å². The van der Waals surface area contributed by atoms with Crippen LogP contribution in [0.25, 0.3) is 0 Å². The number of carbonyl (C=O) groups excluding carboxylic acids is 1. The molecule has 0 bridgehead atoms. The Bertz CT molecular complexity index is 390. The molecular formula is C13H21N3O. The van der Waals surface area contributed by atoms with E-state index in [2.05, 4.69) is 29.5 Å². The highest BCUT2D eigenvalue weighted by Gasteiger charge is 2.12. The Morgan fingerprint density at radius 3 is 2.82 bits per heavy atom. The number of carbonyl (C=O) groups is 1. The summed E-state index contributed by atoms with van der Waals surface area (Å²) in [5.41, 5.74) is 2.31. The van der Waals surface area contributed by atoms with Gasteiger partial charge in [0.2, 0.25) is 0 Å². The van der Waals surface area contributed by atoms with Crippen molar-refractivity contribution in [1.29, 1.82) is 0 Å². The molecule has 0 radical (unpaired) electrons. The van der Waals surface area contributed by atoms with Crippen LogP contribution in [0, 0.1) is 12.8 Å². The molecule has 94 valence electrons. The van der Waals surface area contributed by atoms with Crippen molar-refractivity contribution in [2.75, 3.05) is 18.9 Å². The van der Waals surface area contributed by atoms with Gasteiger partial charge in [0.15, 0.2) is 0 Å². The molecule has 0 spiro atoms. The van der Waals surface area contributed by atoms with Gasteiger partial charge in [-0.15, -0.1) is 0 Å². The molecular weight excluding hydrogens is 214 g/mol. The van der Waals surface area contributed by atoms with E-state index in [0.717, 1.165) is 17.8 Å². The van der Waals surface area contributed by atoms with Crippen LogP contribution in [0.1, 0.15) is 36.3 Å². The fraction of sp³-hybridized carbons (Fsp3) is 0.538. The maximum absolute atomic E-state index is 12.0. The fourth-order valence-corrected chi connectivity index (χ4v) is 1.45. The van der Waals surface area contributed by atoms with E-state index in [0.29, 0.717) is 18.0 Å². The zero-order valence-corrected chi connectivity index (χ0v) is 11.0. The summed E-state index contributed by atoms with van der Waals surface area (Å²) in [4.78, 5) is 16.1. The normalized spacial score (nSPS) is 12.0. The lowest BCUT2D eigenvalue weighted by molar-refractivity contribution is 0.0948. The molecule has 0 aliphatic heterocycles. The first-order chi connectivity index (χ1) is 8.08. The fourth-order valence-electron chi connectivity index (χ4n) is 1.45. The molecule has 1 heterocycles. The van der Waals surface area contributed by atoms with Gasteiger partial charge in [-0.1, -0.05) is 20.3 Å². The van der Waals surface area contributed by atoms with E-state index >= 15 is 0 Å². The summed E-state index contributed by atoms with van der Waals surface area (Å²) in [6.07, 6.45) is 2.68. The lowest BCUT2D eigenvalue weighted by atomic mass is 10.1. The van der Waals surface area contributed by atoms with E-state index in [1.807, 2.05) is 13.0 Å². The number of hydrogen-bond acceptors (Lipinski definition) is 3. The number of amides is 1. The summed E-state index contributed by atoms with van der Waals surface area (Å²) in [5.74, 6) is 0.428. The molecule has 0 saturated heterocycles. The van der Waals surface area contributed by atoms with Gasteiger partial charge in [0.25, 0.3) is 5.91 Å². The van der Waals surface area contributed by atoms with Crippen LogP contribution >= 0.6 is 0 Å². The average molecular weight is 235 g/mol. The molecule has 1 aromatic heterocycles. The summed E-state index contributed by atoms with van der Waals surface area (Å²) in [6, 6.07) is 1.87. The van der Waals surface area contributed by atoms with Gasteiger partial charge < -0.3 is 10.6 Å². The predicted molar refractivity (Wildman–Crippen MR) is 70.3 cm³/mol. The molecule has 2 N–H and O–H groups in total. The van der Waals surface area contributed by atoms with Crippen molar-refractivity contribution < 1.29 is 4.79 Å². The topological polar surface area (TPSA) is 54.0 Å². The number of nitrogens with zero attached hydrogens (tertiary/aromatic N) is 1. The average Bonchev–Trinajstić information content (AvgIpc) is 2.35. The van der Waals surface area contributed by atoms with E-state index in [9.17, 15) is 4.79 Å². The minimum Gasteiger partial charge on any atom is -0.387 e. The highest BCUT2D eigenvalue weighted by atomic mass is 16.1. The zero-order valence-electron chi connectivity index (χ0n) is 11.0. The Balaban J connectivity index is 2.75. The molecule has 4 nitrogen and oxygen atoms in total. The maximum Gasteiger partial charge on any atom is 0.254 e. The van der Waals surface area contributed by atoms with Gasteiger partial charge in [-0.05, 0) is 18.9 Å². The van der Waals surface area contributed by atoms with E-state index in [1.165, 1.54) is 0 Å². The molecule has 0 aliphatic carbocycles. The Morgan fingerprint density at radius 1 is 1.53 bits per heavy atom. The number of hydrogen-bond donors (Lipinski definition) is 2. The lowest BCUT2D eigenvalue weighted by Crippen LogP contribution is -2.28. The maximum atomic E-state index is 12.0. The van der Waals surface area contributed by atoms with Crippen molar-refractivity contribution in [3.05, 3.63) is 23.5 Å². The Morgan fingerprint density at radius 2 is 2.24 bits per heavy atom. The number of aryl methyl sites for hydroxylation is 1. The summed E-state index contributed by atoms with van der Waals surface area (Å²) < 4.78 is 0. The van der Waals surface area contributed by atoms with Gasteiger partial charge in [0.05, 0.1) is 11.3 Å². The van der Waals surface area contributed by atoms with E-state index in [-0.39, 0.29) is 5.91 Å². The highest BCUT2D eigenvalue weighted by Crippen LogP contribution is 2.14. The molecule has 0 aromatic carbocycles. The second kappa shape index (κ2) is 6.23. The first-order valence-electron chi connectivity index (χ1n) is 6.01. The zero-order chi connectivity index (χ0) is 12.8. The van der Waals surface area contributed by atoms with Crippen LogP contribution in [-0.4, -0.2) is 24.5 Å². The molecule has 0 saturated carbocycles. The second-order valence-corrected chi connectivity index (χ2v) is 4.34. The monoisotopic (exact) mass is 235 g/mol. The molecule has 4 heteroatoms. The van der Waals surface area contributed by atoms with Crippen LogP contribution in [0.4, 0.5) is 5.69 Å². The van der Waals surface area contributed by atoms with Crippen molar-refractivity contribution in [3.63, 3.8) is 0 Å². The highest BCUT2D eigenvalue weighted by molar-refractivity contribution is 5.99. The summed E-state index contributed by atoms with van der Waals surface area (Å²) >= 11 is 0. The summed E-state index contributed by atoms with van der Waals surface area (Å²) in [6.45, 7) is 6.84. The molecule has 0 fully saturated rings. The lowest BCUT2D eigenvalue weighted by Gasteiger charge is -2.12. The third kappa shape index (κ3) is 3.73. The van der Waals surface area contributed by atoms with E-state index < -0.39 is 0 Å². The first-order valence-corrected chi connectivity index (χ1v) is 6.01. The van der Waals surface area contributed by atoms with E-state index in [1.54, 1.807) is 13.2 Å². The quantitative estimate of drug-likeness (QED) is 0.822. The van der Waals surface area contributed by atoms with Crippen LogP contribution in [-0.2, 0) is 0 Å². The Labute approximate surface area is 103 Å². The number of pyridine rings is 1. The summed E-state index contributed by atoms with van der Waals surface area (Å²) in [7, 11) is 1.81. The third-order valence-corrected chi connectivity index (χ3v) is 2.86. The number of aromatic nitrogens is 1. The van der Waals surface area contributed by atoms with Gasteiger partial charge in [0, 0.05) is 25.5 Å². The predicted octanol–water partition coefficient (Wildman–Crippen LogP) is 2.21. The van der Waals surface area contributed by atoms with Gasteiger partial charge >= 0.3 is 0 Å². The van der Waals surface area contributed by atoms with Crippen LogP contribution in [0.5, 0.6) is 0 Å². The van der Waals surface area contributed by atoms with Crippen LogP contribution in [0.2, 0.25) is 0 Å². The summed E-state index contributed by atoms with van der Waals surface area (Å²) in [5, 5.41) is 5.94. The molecule has 17 heavy (non-hydrogen) atoms. The van der Waals surface area contributed by atoms with Crippen molar-refractivity contribution in [2.24, 2.45) is 5.92 Å². The molecule has 1 atom stereocenters. The minimum absolute atomic E-state index is 0.0675. The standard InChI is InChI=1S/C13H21N3O/c1-5-9(2)7-16-13(17)11-8-15-10(3)6-12(11)14-4/h6,8-9H,5,7H2,1-4H3,(H,14,15)(H,16,17). The minimum atomic E-state index is -0.0675. The molecule has 1 amide bonds. The SMILES string of the molecule is CCC(C)CNC(=O)c1cnc(C)cc1NC. The molecule has 1 aromatic rings. The molecule has 1 rings (SSSR count). The van der Waals surface area contributed by atoms with Crippen LogP contribution in [0.15, 0.2) is 12.3 Å². The third-order valence-electron chi connectivity index (χ3n) is 2.86. The second-order valence-electron chi connectivity index (χ2n) is 4.34. The van der Waals surface area contributed by atoms with Gasteiger partial charge in [-0.3, -0.25) is 9.78 Å². The number of nitrogens with one attached hydrogen (secondary N) is 2. The first kappa shape index (κ1) is 13.5. The van der Waals surface area contributed by atoms with Crippen LogP contribution in [0.3, 0.4) is 0 Å². The number of anilines is 1. The Kier molecular flexibility index (Phi) is 4.94. The van der Waals surface area contributed by atoms with Crippen molar-refractivity contribution in [2.45, 2.75) is 27.2 Å². The Hall–Kier alpha value is -1.58. The van der Waals surface area contributed by atoms with E-state index in [4.69, 9.17) is 0 Å². The molecule has 0 aliphatic rings. The van der Waals surface area contributed by atoms with Crippen molar-refractivity contribution >= 4 is 11.6 Å². The largest absolute Gasteiger partial charge is 0.387 e. The molecule has 1 unspecified atom stereocenters. The van der Waals surface area contributed by atoms with Gasteiger partial charge in [-0.25, -0.2) is 0 Å². The smallest absolute Gasteiger partial charge is 0.254 e.